The van der Waals surface area contributed by atoms with Crippen LogP contribution in [0.15, 0.2) is 12.1 Å². The minimum absolute atomic E-state index is 0.279. The molecule has 110 valence electrons. The van der Waals surface area contributed by atoms with Crippen molar-refractivity contribution in [3.05, 3.63) is 34.4 Å². The minimum Gasteiger partial charge on any atom is -0.294 e. The van der Waals surface area contributed by atoms with Crippen molar-refractivity contribution in [1.82, 2.24) is 4.90 Å². The highest BCUT2D eigenvalue weighted by Gasteiger charge is 2.22. The van der Waals surface area contributed by atoms with Gasteiger partial charge in [0, 0.05) is 29.7 Å². The largest absolute Gasteiger partial charge is 0.294 e. The molecule has 1 atom stereocenters. The maximum Gasteiger partial charge on any atom is 0.177 e. The molecule has 20 heavy (non-hydrogen) atoms. The highest BCUT2D eigenvalue weighted by molar-refractivity contribution is 8.00. The van der Waals surface area contributed by atoms with Gasteiger partial charge in [-0.1, -0.05) is 24.6 Å². The van der Waals surface area contributed by atoms with Gasteiger partial charge < -0.3 is 0 Å². The van der Waals surface area contributed by atoms with Gasteiger partial charge in [-0.05, 0) is 38.3 Å². The lowest BCUT2D eigenvalue weighted by atomic mass is 9.96. The Balaban J connectivity index is 2.09. The predicted octanol–water partition coefficient (Wildman–Crippen LogP) is 3.62. The molecule has 0 bridgehead atoms. The Hall–Kier alpha value is -0.800. The van der Waals surface area contributed by atoms with Gasteiger partial charge in [-0.25, -0.2) is 0 Å². The first-order chi connectivity index (χ1) is 9.51. The van der Waals surface area contributed by atoms with E-state index in [2.05, 4.69) is 30.9 Å². The van der Waals surface area contributed by atoms with Crippen molar-refractivity contribution in [2.75, 3.05) is 25.4 Å². The van der Waals surface area contributed by atoms with Crippen LogP contribution in [0.1, 0.15) is 40.4 Å². The fourth-order valence-electron chi connectivity index (χ4n) is 3.07. The first kappa shape index (κ1) is 15.6. The van der Waals surface area contributed by atoms with Crippen LogP contribution in [0.3, 0.4) is 0 Å². The van der Waals surface area contributed by atoms with E-state index < -0.39 is 0 Å². The molecule has 0 aromatic heterocycles. The zero-order valence-corrected chi connectivity index (χ0v) is 13.8. The SMILES string of the molecule is CCC1CN(CC(=O)c2c(C)cc(C)cc2C)CCS1. The second kappa shape index (κ2) is 6.77. The van der Waals surface area contributed by atoms with Crippen LogP contribution in [-0.4, -0.2) is 41.3 Å². The summed E-state index contributed by atoms with van der Waals surface area (Å²) in [5.41, 5.74) is 4.40. The van der Waals surface area contributed by atoms with E-state index in [1.165, 1.54) is 12.0 Å². The Bertz CT molecular complexity index is 475. The minimum atomic E-state index is 0.279. The van der Waals surface area contributed by atoms with E-state index in [1.807, 2.05) is 25.6 Å². The van der Waals surface area contributed by atoms with Gasteiger partial charge >= 0.3 is 0 Å². The molecule has 3 heteroatoms. The van der Waals surface area contributed by atoms with Crippen LogP contribution < -0.4 is 0 Å². The smallest absolute Gasteiger partial charge is 0.177 e. The Kier molecular flexibility index (Phi) is 5.28. The van der Waals surface area contributed by atoms with E-state index in [4.69, 9.17) is 0 Å². The van der Waals surface area contributed by atoms with E-state index in [0.717, 1.165) is 35.5 Å². The van der Waals surface area contributed by atoms with E-state index in [9.17, 15) is 4.79 Å². The fourth-order valence-corrected chi connectivity index (χ4v) is 4.32. The van der Waals surface area contributed by atoms with Crippen LogP contribution in [0.5, 0.6) is 0 Å². The molecule has 1 heterocycles. The number of hydrogen-bond donors (Lipinski definition) is 0. The van der Waals surface area contributed by atoms with Crippen molar-refractivity contribution in [3.63, 3.8) is 0 Å². The molecule has 0 amide bonds. The fraction of sp³-hybridized carbons (Fsp3) is 0.588. The molecular weight excluding hydrogens is 266 g/mol. The highest BCUT2D eigenvalue weighted by atomic mass is 32.2. The third kappa shape index (κ3) is 3.64. The van der Waals surface area contributed by atoms with Crippen LogP contribution >= 0.6 is 11.8 Å². The summed E-state index contributed by atoms with van der Waals surface area (Å²) in [6.07, 6.45) is 1.19. The van der Waals surface area contributed by atoms with E-state index in [1.54, 1.807) is 0 Å². The number of hydrogen-bond acceptors (Lipinski definition) is 3. The van der Waals surface area contributed by atoms with Gasteiger partial charge in [-0.3, -0.25) is 9.69 Å². The van der Waals surface area contributed by atoms with Gasteiger partial charge in [0.15, 0.2) is 5.78 Å². The van der Waals surface area contributed by atoms with Gasteiger partial charge in [-0.2, -0.15) is 11.8 Å². The summed E-state index contributed by atoms with van der Waals surface area (Å²) in [7, 11) is 0. The summed E-state index contributed by atoms with van der Waals surface area (Å²) < 4.78 is 0. The number of aryl methyl sites for hydroxylation is 3. The van der Waals surface area contributed by atoms with E-state index in [0.29, 0.717) is 11.8 Å². The summed E-state index contributed by atoms with van der Waals surface area (Å²) in [5, 5.41) is 0.691. The summed E-state index contributed by atoms with van der Waals surface area (Å²) in [5.74, 6) is 1.43. The van der Waals surface area contributed by atoms with Gasteiger partial charge in [0.2, 0.25) is 0 Å². The molecule has 0 saturated carbocycles. The molecule has 0 aliphatic carbocycles. The van der Waals surface area contributed by atoms with Crippen LogP contribution in [0, 0.1) is 20.8 Å². The van der Waals surface area contributed by atoms with Crippen LogP contribution in [0.2, 0.25) is 0 Å². The molecule has 1 saturated heterocycles. The molecule has 1 fully saturated rings. The zero-order valence-electron chi connectivity index (χ0n) is 13.0. The number of carbonyl (C=O) groups is 1. The molecule has 2 rings (SSSR count). The van der Waals surface area contributed by atoms with Crippen molar-refractivity contribution in [2.45, 2.75) is 39.4 Å². The zero-order chi connectivity index (χ0) is 14.7. The number of rotatable bonds is 4. The number of carbonyl (C=O) groups excluding carboxylic acids is 1. The first-order valence-electron chi connectivity index (χ1n) is 7.46. The summed E-state index contributed by atoms with van der Waals surface area (Å²) in [6.45, 7) is 11.1. The number of Topliss-reactive ketones (excluding diaryl/α,β-unsaturated/α-hetero) is 1. The summed E-state index contributed by atoms with van der Waals surface area (Å²) >= 11 is 2.05. The average Bonchev–Trinajstić information content (AvgIpc) is 2.37. The van der Waals surface area contributed by atoms with Crippen LogP contribution in [0.25, 0.3) is 0 Å². The highest BCUT2D eigenvalue weighted by Crippen LogP contribution is 2.22. The average molecular weight is 291 g/mol. The van der Waals surface area contributed by atoms with Gasteiger partial charge in [0.05, 0.1) is 6.54 Å². The lowest BCUT2D eigenvalue weighted by Gasteiger charge is -2.31. The maximum absolute atomic E-state index is 12.6. The van der Waals surface area contributed by atoms with Crippen molar-refractivity contribution < 1.29 is 4.79 Å². The molecule has 1 aromatic rings. The van der Waals surface area contributed by atoms with Crippen LogP contribution in [0.4, 0.5) is 0 Å². The molecule has 1 unspecified atom stereocenters. The molecule has 1 aliphatic heterocycles. The lowest BCUT2D eigenvalue weighted by Crippen LogP contribution is -2.40. The van der Waals surface area contributed by atoms with Crippen molar-refractivity contribution in [2.24, 2.45) is 0 Å². The van der Waals surface area contributed by atoms with Gasteiger partial charge in [-0.15, -0.1) is 0 Å². The van der Waals surface area contributed by atoms with Gasteiger partial charge in [0.25, 0.3) is 0 Å². The van der Waals surface area contributed by atoms with Gasteiger partial charge in [0.1, 0.15) is 0 Å². The van der Waals surface area contributed by atoms with Crippen molar-refractivity contribution >= 4 is 17.5 Å². The lowest BCUT2D eigenvalue weighted by molar-refractivity contribution is 0.0931. The third-order valence-corrected chi connectivity index (χ3v) is 5.37. The molecular formula is C17H25NOS. The number of ketones is 1. The Morgan fingerprint density at radius 3 is 2.55 bits per heavy atom. The van der Waals surface area contributed by atoms with Crippen LogP contribution in [-0.2, 0) is 0 Å². The Morgan fingerprint density at radius 1 is 1.30 bits per heavy atom. The summed E-state index contributed by atoms with van der Waals surface area (Å²) in [4.78, 5) is 14.9. The third-order valence-electron chi connectivity index (χ3n) is 4.00. The second-order valence-electron chi connectivity index (χ2n) is 5.83. The first-order valence-corrected chi connectivity index (χ1v) is 8.51. The normalized spacial score (nSPS) is 20.1. The van der Waals surface area contributed by atoms with Crippen molar-refractivity contribution in [1.29, 1.82) is 0 Å². The number of nitrogens with zero attached hydrogens (tertiary/aromatic N) is 1. The molecule has 1 aromatic carbocycles. The molecule has 0 N–H and O–H groups in total. The monoisotopic (exact) mass is 291 g/mol. The molecule has 1 aliphatic rings. The standard InChI is InChI=1S/C17H25NOS/c1-5-15-10-18(6-7-20-15)11-16(19)17-13(3)8-12(2)9-14(17)4/h8-9,15H,5-7,10-11H2,1-4H3. The van der Waals surface area contributed by atoms with Crippen molar-refractivity contribution in [3.8, 4) is 0 Å². The molecule has 0 radical (unpaired) electrons. The van der Waals surface area contributed by atoms with E-state index >= 15 is 0 Å². The second-order valence-corrected chi connectivity index (χ2v) is 7.24. The Morgan fingerprint density at radius 2 is 1.95 bits per heavy atom. The number of thioether (sulfide) groups is 1. The number of benzene rings is 1. The molecule has 2 nitrogen and oxygen atoms in total. The molecule has 0 spiro atoms. The maximum atomic E-state index is 12.6. The predicted molar refractivity (Wildman–Crippen MR) is 88.0 cm³/mol. The Labute approximate surface area is 126 Å². The summed E-state index contributed by atoms with van der Waals surface area (Å²) in [6, 6.07) is 4.22. The topological polar surface area (TPSA) is 20.3 Å². The van der Waals surface area contributed by atoms with E-state index in [-0.39, 0.29) is 5.78 Å². The quantitative estimate of drug-likeness (QED) is 0.790.